The van der Waals surface area contributed by atoms with Crippen LogP contribution in [0.4, 0.5) is 5.69 Å². The monoisotopic (exact) mass is 507 g/mol. The van der Waals surface area contributed by atoms with Gasteiger partial charge in [0.05, 0.1) is 25.6 Å². The predicted octanol–water partition coefficient (Wildman–Crippen LogP) is 4.09. The molecule has 1 aromatic heterocycles. The SMILES string of the molecule is CCOc1ccc(NC(=NC)NCc2cnn(-c3ccccc3)c2)cc1OC.I. The molecule has 0 aliphatic heterocycles. The van der Waals surface area contributed by atoms with Crippen molar-refractivity contribution in [2.75, 3.05) is 26.1 Å². The maximum atomic E-state index is 5.55. The number of hydrogen-bond acceptors (Lipinski definition) is 4. The lowest BCUT2D eigenvalue weighted by Gasteiger charge is -2.14. The van der Waals surface area contributed by atoms with Crippen molar-refractivity contribution >= 4 is 35.6 Å². The number of aliphatic imine (C=N–C) groups is 1. The largest absolute Gasteiger partial charge is 0.493 e. The van der Waals surface area contributed by atoms with Crippen LogP contribution in [0.1, 0.15) is 12.5 Å². The van der Waals surface area contributed by atoms with E-state index in [9.17, 15) is 0 Å². The van der Waals surface area contributed by atoms with E-state index in [1.54, 1.807) is 14.2 Å². The molecule has 0 amide bonds. The number of rotatable bonds is 7. The Morgan fingerprint density at radius 3 is 2.62 bits per heavy atom. The Bertz CT molecular complexity index is 928. The van der Waals surface area contributed by atoms with Gasteiger partial charge in [0.2, 0.25) is 0 Å². The quantitative estimate of drug-likeness (QED) is 0.287. The molecule has 3 aromatic rings. The van der Waals surface area contributed by atoms with Crippen molar-refractivity contribution in [3.8, 4) is 17.2 Å². The summed E-state index contributed by atoms with van der Waals surface area (Å²) >= 11 is 0. The molecule has 0 aliphatic carbocycles. The highest BCUT2D eigenvalue weighted by atomic mass is 127. The number of benzene rings is 2. The number of methoxy groups -OCH3 is 1. The molecular formula is C21H26IN5O2. The summed E-state index contributed by atoms with van der Waals surface area (Å²) in [5, 5.41) is 11.0. The van der Waals surface area contributed by atoms with Crippen LogP contribution in [0.3, 0.4) is 0 Å². The maximum Gasteiger partial charge on any atom is 0.195 e. The summed E-state index contributed by atoms with van der Waals surface area (Å²) in [6.07, 6.45) is 3.84. The van der Waals surface area contributed by atoms with Crippen molar-refractivity contribution in [1.82, 2.24) is 15.1 Å². The number of anilines is 1. The van der Waals surface area contributed by atoms with Gasteiger partial charge in [0.15, 0.2) is 17.5 Å². The van der Waals surface area contributed by atoms with Crippen LogP contribution < -0.4 is 20.1 Å². The van der Waals surface area contributed by atoms with E-state index in [4.69, 9.17) is 9.47 Å². The molecule has 0 atom stereocenters. The van der Waals surface area contributed by atoms with E-state index in [0.29, 0.717) is 30.6 Å². The molecule has 0 aliphatic rings. The second kappa shape index (κ2) is 11.3. The summed E-state index contributed by atoms with van der Waals surface area (Å²) in [6.45, 7) is 3.13. The second-order valence-corrected chi connectivity index (χ2v) is 5.98. The smallest absolute Gasteiger partial charge is 0.195 e. The van der Waals surface area contributed by atoms with Gasteiger partial charge in [-0.25, -0.2) is 4.68 Å². The zero-order valence-electron chi connectivity index (χ0n) is 16.8. The third kappa shape index (κ3) is 6.11. The number of para-hydroxylation sites is 1. The minimum atomic E-state index is 0. The van der Waals surface area contributed by atoms with Gasteiger partial charge in [-0.1, -0.05) is 18.2 Å². The number of ether oxygens (including phenoxy) is 2. The summed E-state index contributed by atoms with van der Waals surface area (Å²) in [7, 11) is 3.35. The summed E-state index contributed by atoms with van der Waals surface area (Å²) < 4.78 is 12.8. The first kappa shape index (κ1) is 22.5. The van der Waals surface area contributed by atoms with Gasteiger partial charge >= 0.3 is 0 Å². The molecule has 1 heterocycles. The molecule has 0 saturated heterocycles. The summed E-state index contributed by atoms with van der Waals surface area (Å²) in [5.74, 6) is 2.04. The van der Waals surface area contributed by atoms with Crippen LogP contribution in [0.15, 0.2) is 65.9 Å². The molecule has 3 rings (SSSR count). The average molecular weight is 507 g/mol. The fraction of sp³-hybridized carbons (Fsp3) is 0.238. The predicted molar refractivity (Wildman–Crippen MR) is 127 cm³/mol. The van der Waals surface area contributed by atoms with Crippen molar-refractivity contribution in [2.24, 2.45) is 4.99 Å². The Kier molecular flexibility index (Phi) is 8.78. The first-order chi connectivity index (χ1) is 13.7. The van der Waals surface area contributed by atoms with Crippen LogP contribution in [0.25, 0.3) is 5.69 Å². The number of nitrogens with zero attached hydrogens (tertiary/aromatic N) is 3. The maximum absolute atomic E-state index is 5.55. The molecule has 2 aromatic carbocycles. The highest BCUT2D eigenvalue weighted by Crippen LogP contribution is 2.30. The molecular weight excluding hydrogens is 481 g/mol. The van der Waals surface area contributed by atoms with E-state index >= 15 is 0 Å². The van der Waals surface area contributed by atoms with Crippen LogP contribution in [0.5, 0.6) is 11.5 Å². The summed E-state index contributed by atoms with van der Waals surface area (Å²) in [4.78, 5) is 4.27. The van der Waals surface area contributed by atoms with Crippen LogP contribution >= 0.6 is 24.0 Å². The number of guanidine groups is 1. The Hall–Kier alpha value is -2.75. The van der Waals surface area contributed by atoms with Gasteiger partial charge < -0.3 is 20.1 Å². The van der Waals surface area contributed by atoms with E-state index in [1.165, 1.54) is 0 Å². The Labute approximate surface area is 188 Å². The second-order valence-electron chi connectivity index (χ2n) is 5.98. The lowest BCUT2D eigenvalue weighted by molar-refractivity contribution is 0.311. The number of nitrogens with one attached hydrogen (secondary N) is 2. The zero-order valence-corrected chi connectivity index (χ0v) is 19.1. The van der Waals surface area contributed by atoms with Crippen molar-refractivity contribution in [3.05, 3.63) is 66.5 Å². The van der Waals surface area contributed by atoms with Gasteiger partial charge in [-0.05, 0) is 31.2 Å². The van der Waals surface area contributed by atoms with Gasteiger partial charge in [-0.3, -0.25) is 4.99 Å². The van der Waals surface area contributed by atoms with E-state index < -0.39 is 0 Å². The molecule has 29 heavy (non-hydrogen) atoms. The van der Waals surface area contributed by atoms with E-state index in [-0.39, 0.29) is 24.0 Å². The fourth-order valence-electron chi connectivity index (χ4n) is 2.70. The van der Waals surface area contributed by atoms with E-state index in [0.717, 1.165) is 16.9 Å². The Balaban J connectivity index is 0.00000300. The Morgan fingerprint density at radius 1 is 1.14 bits per heavy atom. The van der Waals surface area contributed by atoms with Gasteiger partial charge in [-0.2, -0.15) is 5.10 Å². The normalized spacial score (nSPS) is 10.8. The van der Waals surface area contributed by atoms with E-state index in [1.807, 2.05) is 72.5 Å². The van der Waals surface area contributed by atoms with Crippen LogP contribution in [0.2, 0.25) is 0 Å². The highest BCUT2D eigenvalue weighted by Gasteiger charge is 2.07. The average Bonchev–Trinajstić information content (AvgIpc) is 3.22. The van der Waals surface area contributed by atoms with Crippen molar-refractivity contribution in [2.45, 2.75) is 13.5 Å². The molecule has 2 N–H and O–H groups in total. The summed E-state index contributed by atoms with van der Waals surface area (Å²) in [5.41, 5.74) is 2.93. The zero-order chi connectivity index (χ0) is 19.8. The minimum absolute atomic E-state index is 0. The van der Waals surface area contributed by atoms with Crippen molar-refractivity contribution in [1.29, 1.82) is 0 Å². The molecule has 0 fully saturated rings. The highest BCUT2D eigenvalue weighted by molar-refractivity contribution is 14.0. The lowest BCUT2D eigenvalue weighted by atomic mass is 10.2. The van der Waals surface area contributed by atoms with Gasteiger partial charge in [-0.15, -0.1) is 24.0 Å². The molecule has 0 bridgehead atoms. The fourth-order valence-corrected chi connectivity index (χ4v) is 2.70. The molecule has 0 unspecified atom stereocenters. The third-order valence-corrected chi connectivity index (χ3v) is 4.07. The summed E-state index contributed by atoms with van der Waals surface area (Å²) in [6, 6.07) is 15.7. The molecule has 154 valence electrons. The number of aromatic nitrogens is 2. The van der Waals surface area contributed by atoms with Gasteiger partial charge in [0.25, 0.3) is 0 Å². The minimum Gasteiger partial charge on any atom is -0.493 e. The van der Waals surface area contributed by atoms with Crippen LogP contribution in [-0.2, 0) is 6.54 Å². The first-order valence-electron chi connectivity index (χ1n) is 9.11. The first-order valence-corrected chi connectivity index (χ1v) is 9.11. The number of hydrogen-bond donors (Lipinski definition) is 2. The van der Waals surface area contributed by atoms with Gasteiger partial charge in [0.1, 0.15) is 0 Å². The molecule has 0 spiro atoms. The van der Waals surface area contributed by atoms with E-state index in [2.05, 4.69) is 20.7 Å². The van der Waals surface area contributed by atoms with Crippen LogP contribution in [0, 0.1) is 0 Å². The van der Waals surface area contributed by atoms with Crippen molar-refractivity contribution in [3.63, 3.8) is 0 Å². The molecule has 0 radical (unpaired) electrons. The van der Waals surface area contributed by atoms with Crippen LogP contribution in [-0.4, -0.2) is 36.5 Å². The third-order valence-electron chi connectivity index (χ3n) is 4.07. The topological polar surface area (TPSA) is 72.7 Å². The number of halogens is 1. The molecule has 7 nitrogen and oxygen atoms in total. The molecule has 8 heteroatoms. The standard InChI is InChI=1S/C21H25N5O2.HI/c1-4-28-19-11-10-17(12-20(19)27-3)25-21(22-2)23-13-16-14-24-26(15-16)18-8-6-5-7-9-18;/h5-12,14-15H,4,13H2,1-3H3,(H2,22,23,25);1H. The van der Waals surface area contributed by atoms with Crippen molar-refractivity contribution < 1.29 is 9.47 Å². The van der Waals surface area contributed by atoms with Gasteiger partial charge in [0, 0.05) is 37.1 Å². The molecule has 0 saturated carbocycles. The lowest BCUT2D eigenvalue weighted by Crippen LogP contribution is -2.30. The Morgan fingerprint density at radius 2 is 1.93 bits per heavy atom.